The van der Waals surface area contributed by atoms with E-state index in [4.69, 9.17) is 9.26 Å². The summed E-state index contributed by atoms with van der Waals surface area (Å²) in [6.07, 6.45) is 1.72. The summed E-state index contributed by atoms with van der Waals surface area (Å²) in [7, 11) is 0. The van der Waals surface area contributed by atoms with Gasteiger partial charge in [-0.3, -0.25) is 4.79 Å². The highest BCUT2D eigenvalue weighted by atomic mass is 16.5. The van der Waals surface area contributed by atoms with Crippen LogP contribution in [-0.4, -0.2) is 29.3 Å². The summed E-state index contributed by atoms with van der Waals surface area (Å²) in [6, 6.07) is 5.57. The third-order valence-electron chi connectivity index (χ3n) is 4.97. The van der Waals surface area contributed by atoms with Crippen molar-refractivity contribution in [2.45, 2.75) is 52.5 Å². The van der Waals surface area contributed by atoms with Crippen LogP contribution in [0.3, 0.4) is 0 Å². The van der Waals surface area contributed by atoms with E-state index in [1.165, 1.54) is 0 Å². The summed E-state index contributed by atoms with van der Waals surface area (Å²) in [5, 5.41) is 7.24. The Balaban J connectivity index is 1.88. The van der Waals surface area contributed by atoms with Crippen LogP contribution in [0.2, 0.25) is 0 Å². The largest absolute Gasteiger partial charge is 0.381 e. The van der Waals surface area contributed by atoms with Crippen molar-refractivity contribution >= 4 is 5.91 Å². The van der Waals surface area contributed by atoms with Crippen molar-refractivity contribution < 1.29 is 14.1 Å². The van der Waals surface area contributed by atoms with Crippen LogP contribution in [-0.2, 0) is 4.74 Å². The van der Waals surface area contributed by atoms with E-state index in [0.717, 1.165) is 24.0 Å². The molecular weight excluding hydrogens is 330 g/mol. The predicted octanol–water partition coefficient (Wildman–Crippen LogP) is 3.71. The molecule has 1 aliphatic heterocycles. The molecule has 0 saturated carbocycles. The molecule has 1 fully saturated rings. The van der Waals surface area contributed by atoms with E-state index in [-0.39, 0.29) is 23.8 Å². The average molecular weight is 357 g/mol. The lowest BCUT2D eigenvalue weighted by Crippen LogP contribution is -2.36. The number of carbonyl (C=O) groups is 1. The zero-order valence-corrected chi connectivity index (χ0v) is 15.9. The van der Waals surface area contributed by atoms with Crippen molar-refractivity contribution in [3.05, 3.63) is 46.6 Å². The molecular formula is C20H27N3O3. The first-order valence-corrected chi connectivity index (χ1v) is 9.25. The molecule has 3 rings (SSSR count). The first-order chi connectivity index (χ1) is 12.5. The van der Waals surface area contributed by atoms with Gasteiger partial charge in [-0.1, -0.05) is 37.2 Å². The predicted molar refractivity (Wildman–Crippen MR) is 98.1 cm³/mol. The molecule has 2 aromatic rings. The van der Waals surface area contributed by atoms with Gasteiger partial charge >= 0.3 is 0 Å². The fourth-order valence-electron chi connectivity index (χ4n) is 3.42. The number of benzene rings is 1. The fourth-order valence-corrected chi connectivity index (χ4v) is 3.42. The normalized spacial score (nSPS) is 16.7. The maximum absolute atomic E-state index is 13.0. The van der Waals surface area contributed by atoms with E-state index in [2.05, 4.69) is 15.5 Å². The number of nitrogens with zero attached hydrogens (tertiary/aromatic N) is 2. The molecule has 1 amide bonds. The van der Waals surface area contributed by atoms with Gasteiger partial charge in [-0.05, 0) is 43.7 Å². The Morgan fingerprint density at radius 2 is 1.85 bits per heavy atom. The molecule has 1 atom stereocenters. The summed E-state index contributed by atoms with van der Waals surface area (Å²) in [5.74, 6) is 1.45. The van der Waals surface area contributed by atoms with Gasteiger partial charge < -0.3 is 14.6 Å². The van der Waals surface area contributed by atoms with Crippen molar-refractivity contribution in [3.8, 4) is 0 Å². The summed E-state index contributed by atoms with van der Waals surface area (Å²) in [4.78, 5) is 17.6. The van der Waals surface area contributed by atoms with Gasteiger partial charge in [0, 0.05) is 24.7 Å². The first kappa shape index (κ1) is 18.6. The smallest absolute Gasteiger partial charge is 0.252 e. The number of amides is 1. The molecule has 0 spiro atoms. The zero-order chi connectivity index (χ0) is 18.7. The van der Waals surface area contributed by atoms with Crippen molar-refractivity contribution in [2.24, 2.45) is 5.92 Å². The minimum Gasteiger partial charge on any atom is -0.381 e. The van der Waals surface area contributed by atoms with E-state index in [1.54, 1.807) is 0 Å². The zero-order valence-electron chi connectivity index (χ0n) is 15.9. The average Bonchev–Trinajstić information content (AvgIpc) is 3.10. The number of ether oxygens (including phenoxy) is 1. The topological polar surface area (TPSA) is 77.3 Å². The summed E-state index contributed by atoms with van der Waals surface area (Å²) < 4.78 is 11.0. The number of hydrogen-bond donors (Lipinski definition) is 1. The number of nitrogens with one attached hydrogen (secondary N) is 1. The molecule has 1 N–H and O–H groups in total. The highest BCUT2D eigenvalue weighted by Crippen LogP contribution is 2.30. The second-order valence-electron chi connectivity index (χ2n) is 7.31. The maximum atomic E-state index is 13.0. The SMILES string of the molecule is Cc1cccc(C)c1C(=O)NC(c1nc(C(C)C)no1)C1CCOCC1. The number of aryl methyl sites for hydroxylation is 2. The molecule has 0 bridgehead atoms. The van der Waals surface area contributed by atoms with Crippen molar-refractivity contribution in [1.29, 1.82) is 0 Å². The molecule has 1 aromatic heterocycles. The quantitative estimate of drug-likeness (QED) is 0.883. The molecule has 1 aliphatic rings. The molecule has 26 heavy (non-hydrogen) atoms. The summed E-state index contributed by atoms with van der Waals surface area (Å²) in [5.41, 5.74) is 2.64. The van der Waals surface area contributed by atoms with E-state index < -0.39 is 0 Å². The highest BCUT2D eigenvalue weighted by molar-refractivity contribution is 5.97. The van der Waals surface area contributed by atoms with Crippen molar-refractivity contribution in [1.82, 2.24) is 15.5 Å². The fraction of sp³-hybridized carbons (Fsp3) is 0.550. The summed E-state index contributed by atoms with van der Waals surface area (Å²) >= 11 is 0. The molecule has 1 saturated heterocycles. The molecule has 6 nitrogen and oxygen atoms in total. The molecule has 6 heteroatoms. The van der Waals surface area contributed by atoms with Gasteiger partial charge in [0.15, 0.2) is 5.82 Å². The third-order valence-corrected chi connectivity index (χ3v) is 4.97. The van der Waals surface area contributed by atoms with Crippen molar-refractivity contribution in [3.63, 3.8) is 0 Å². The number of hydrogen-bond acceptors (Lipinski definition) is 5. The number of aromatic nitrogens is 2. The van der Waals surface area contributed by atoms with Gasteiger partial charge in [-0.25, -0.2) is 0 Å². The highest BCUT2D eigenvalue weighted by Gasteiger charge is 2.32. The molecule has 2 heterocycles. The minimum absolute atomic E-state index is 0.0959. The van der Waals surface area contributed by atoms with Crippen LogP contribution in [0.1, 0.15) is 71.8 Å². The van der Waals surface area contributed by atoms with E-state index in [9.17, 15) is 4.79 Å². The molecule has 0 radical (unpaired) electrons. The Labute approximate surface area is 154 Å². The lowest BCUT2D eigenvalue weighted by Gasteiger charge is -2.29. The van der Waals surface area contributed by atoms with Crippen molar-refractivity contribution in [2.75, 3.05) is 13.2 Å². The van der Waals surface area contributed by atoms with E-state index >= 15 is 0 Å². The van der Waals surface area contributed by atoms with Crippen LogP contribution in [0.5, 0.6) is 0 Å². The molecule has 0 aliphatic carbocycles. The van der Waals surface area contributed by atoms with E-state index in [1.807, 2.05) is 45.9 Å². The number of rotatable bonds is 5. The van der Waals surface area contributed by atoms with Gasteiger partial charge in [-0.2, -0.15) is 4.98 Å². The van der Waals surface area contributed by atoms with Gasteiger partial charge in [0.25, 0.3) is 5.91 Å². The van der Waals surface area contributed by atoms with Crippen LogP contribution in [0, 0.1) is 19.8 Å². The van der Waals surface area contributed by atoms with Crippen LogP contribution in [0.25, 0.3) is 0 Å². The van der Waals surface area contributed by atoms with Crippen LogP contribution >= 0.6 is 0 Å². The second kappa shape index (κ2) is 7.99. The van der Waals surface area contributed by atoms with Gasteiger partial charge in [0.1, 0.15) is 6.04 Å². The van der Waals surface area contributed by atoms with Crippen LogP contribution in [0.4, 0.5) is 0 Å². The molecule has 1 unspecified atom stereocenters. The monoisotopic (exact) mass is 357 g/mol. The Kier molecular flexibility index (Phi) is 5.71. The maximum Gasteiger partial charge on any atom is 0.252 e. The Morgan fingerprint density at radius 1 is 1.19 bits per heavy atom. The Bertz CT molecular complexity index is 743. The van der Waals surface area contributed by atoms with Crippen LogP contribution in [0.15, 0.2) is 22.7 Å². The third kappa shape index (κ3) is 3.96. The Morgan fingerprint density at radius 3 is 2.42 bits per heavy atom. The van der Waals surface area contributed by atoms with Gasteiger partial charge in [-0.15, -0.1) is 0 Å². The van der Waals surface area contributed by atoms with Gasteiger partial charge in [0.05, 0.1) is 0 Å². The summed E-state index contributed by atoms with van der Waals surface area (Å²) in [6.45, 7) is 9.32. The first-order valence-electron chi connectivity index (χ1n) is 9.25. The minimum atomic E-state index is -0.301. The Hall–Kier alpha value is -2.21. The lowest BCUT2D eigenvalue weighted by atomic mass is 9.91. The lowest BCUT2D eigenvalue weighted by molar-refractivity contribution is 0.0467. The van der Waals surface area contributed by atoms with Gasteiger partial charge in [0.2, 0.25) is 5.89 Å². The molecule has 1 aromatic carbocycles. The van der Waals surface area contributed by atoms with E-state index in [0.29, 0.717) is 30.5 Å². The second-order valence-corrected chi connectivity index (χ2v) is 7.31. The number of carbonyl (C=O) groups excluding carboxylic acids is 1. The molecule has 140 valence electrons. The van der Waals surface area contributed by atoms with Crippen LogP contribution < -0.4 is 5.32 Å². The standard InChI is InChI=1S/C20H27N3O3/c1-12(2)18-22-20(26-23-18)17(15-8-10-25-11-9-15)21-19(24)16-13(3)6-5-7-14(16)4/h5-7,12,15,17H,8-11H2,1-4H3,(H,21,24).